The van der Waals surface area contributed by atoms with Crippen LogP contribution in [0.2, 0.25) is 5.02 Å². The Labute approximate surface area is 178 Å². The highest BCUT2D eigenvalue weighted by Crippen LogP contribution is 2.24. The van der Waals surface area contributed by atoms with E-state index in [1.807, 2.05) is 6.07 Å². The Morgan fingerprint density at radius 1 is 1.03 bits per heavy atom. The molecule has 0 fully saturated rings. The summed E-state index contributed by atoms with van der Waals surface area (Å²) < 4.78 is 45.7. The lowest BCUT2D eigenvalue weighted by Crippen LogP contribution is -2.16. The van der Waals surface area contributed by atoms with Crippen LogP contribution in [0.15, 0.2) is 71.6 Å². The van der Waals surface area contributed by atoms with Gasteiger partial charge in [0, 0.05) is 18.5 Å². The molecule has 0 spiro atoms. The second kappa shape index (κ2) is 9.25. The van der Waals surface area contributed by atoms with Crippen molar-refractivity contribution in [1.82, 2.24) is 0 Å². The monoisotopic (exact) mass is 448 g/mol. The van der Waals surface area contributed by atoms with E-state index in [0.717, 1.165) is 17.7 Å². The Morgan fingerprint density at radius 2 is 1.77 bits per heavy atom. The van der Waals surface area contributed by atoms with Gasteiger partial charge in [0.05, 0.1) is 22.1 Å². The van der Waals surface area contributed by atoms with Crippen LogP contribution in [-0.2, 0) is 21.4 Å². The predicted octanol–water partition coefficient (Wildman–Crippen LogP) is 4.68. The van der Waals surface area contributed by atoms with Crippen LogP contribution in [0.3, 0.4) is 0 Å². The first-order valence-corrected chi connectivity index (χ1v) is 10.6. The zero-order valence-corrected chi connectivity index (χ0v) is 17.4. The van der Waals surface area contributed by atoms with E-state index in [4.69, 9.17) is 16.3 Å². The van der Waals surface area contributed by atoms with Crippen LogP contribution in [0.25, 0.3) is 0 Å². The molecule has 3 aromatic rings. The lowest BCUT2D eigenvalue weighted by atomic mass is 10.2. The fourth-order valence-electron chi connectivity index (χ4n) is 2.68. The number of sulfonamides is 1. The van der Waals surface area contributed by atoms with Crippen molar-refractivity contribution in [1.29, 1.82) is 0 Å². The number of rotatable bonds is 7. The van der Waals surface area contributed by atoms with Crippen molar-refractivity contribution in [3.8, 4) is 0 Å². The molecule has 0 aliphatic rings. The van der Waals surface area contributed by atoms with E-state index in [1.165, 1.54) is 30.3 Å². The van der Waals surface area contributed by atoms with Crippen molar-refractivity contribution >= 4 is 38.9 Å². The van der Waals surface area contributed by atoms with Crippen molar-refractivity contribution in [2.75, 3.05) is 17.1 Å². The average molecular weight is 449 g/mol. The molecule has 0 aliphatic carbocycles. The normalized spacial score (nSPS) is 11.2. The van der Waals surface area contributed by atoms with Crippen molar-refractivity contribution < 1.29 is 22.3 Å². The molecule has 0 unspecified atom stereocenters. The molecule has 6 nitrogen and oxygen atoms in total. The molecule has 30 heavy (non-hydrogen) atoms. The third-order valence-corrected chi connectivity index (χ3v) is 5.79. The van der Waals surface area contributed by atoms with Crippen LogP contribution >= 0.6 is 11.6 Å². The topological polar surface area (TPSA) is 84.5 Å². The molecular weight excluding hydrogens is 431 g/mol. The molecule has 0 atom stereocenters. The number of nitrogens with one attached hydrogen (secondary N) is 2. The van der Waals surface area contributed by atoms with Gasteiger partial charge in [-0.05, 0) is 60.2 Å². The van der Waals surface area contributed by atoms with E-state index >= 15 is 0 Å². The number of hydrogen-bond acceptors (Lipinski definition) is 4. The van der Waals surface area contributed by atoms with Gasteiger partial charge in [-0.1, -0.05) is 23.7 Å². The molecule has 0 bridgehead atoms. The first kappa shape index (κ1) is 21.8. The van der Waals surface area contributed by atoms with Gasteiger partial charge in [-0.2, -0.15) is 0 Å². The summed E-state index contributed by atoms with van der Waals surface area (Å²) >= 11 is 6.13. The van der Waals surface area contributed by atoms with Crippen LogP contribution in [0, 0.1) is 5.82 Å². The van der Waals surface area contributed by atoms with Crippen LogP contribution in [-0.4, -0.2) is 21.4 Å². The molecule has 9 heteroatoms. The number of carbonyl (C=O) groups is 1. The van der Waals surface area contributed by atoms with Gasteiger partial charge in [-0.15, -0.1) is 0 Å². The van der Waals surface area contributed by atoms with Crippen molar-refractivity contribution in [3.05, 3.63) is 88.7 Å². The molecule has 0 saturated carbocycles. The van der Waals surface area contributed by atoms with Crippen molar-refractivity contribution in [3.63, 3.8) is 0 Å². The number of amides is 1. The third kappa shape index (κ3) is 5.35. The Bertz CT molecular complexity index is 1170. The first-order chi connectivity index (χ1) is 14.3. The number of anilines is 2. The Morgan fingerprint density at radius 3 is 2.47 bits per heavy atom. The molecule has 156 valence electrons. The third-order valence-electron chi connectivity index (χ3n) is 4.09. The van der Waals surface area contributed by atoms with Crippen LogP contribution in [0.5, 0.6) is 0 Å². The van der Waals surface area contributed by atoms with Crippen LogP contribution < -0.4 is 10.0 Å². The fourth-order valence-corrected chi connectivity index (χ4v) is 3.97. The number of methoxy groups -OCH3 is 1. The maximum absolute atomic E-state index is 13.0. The minimum absolute atomic E-state index is 0.00390. The van der Waals surface area contributed by atoms with E-state index in [2.05, 4.69) is 10.0 Å². The molecule has 1 amide bonds. The Kier molecular flexibility index (Phi) is 6.71. The molecule has 3 aromatic carbocycles. The molecule has 0 aliphatic heterocycles. The molecular formula is C21H18ClFN2O4S. The molecule has 3 rings (SSSR count). The molecule has 0 aromatic heterocycles. The van der Waals surface area contributed by atoms with Gasteiger partial charge in [-0.25, -0.2) is 12.8 Å². The van der Waals surface area contributed by atoms with Gasteiger partial charge in [0.2, 0.25) is 0 Å². The van der Waals surface area contributed by atoms with Crippen molar-refractivity contribution in [2.24, 2.45) is 0 Å². The summed E-state index contributed by atoms with van der Waals surface area (Å²) in [5.74, 6) is -1.05. The largest absolute Gasteiger partial charge is 0.380 e. The van der Waals surface area contributed by atoms with E-state index in [-0.39, 0.29) is 21.2 Å². The van der Waals surface area contributed by atoms with E-state index < -0.39 is 21.7 Å². The molecule has 0 saturated heterocycles. The van der Waals surface area contributed by atoms with Crippen molar-refractivity contribution in [2.45, 2.75) is 11.5 Å². The average Bonchev–Trinajstić information content (AvgIpc) is 2.70. The Hall–Kier alpha value is -2.94. The van der Waals surface area contributed by atoms with Crippen LogP contribution in [0.1, 0.15) is 15.9 Å². The van der Waals surface area contributed by atoms with Gasteiger partial charge in [0.15, 0.2) is 0 Å². The summed E-state index contributed by atoms with van der Waals surface area (Å²) in [6.45, 7) is 0.382. The highest BCUT2D eigenvalue weighted by Gasteiger charge is 2.19. The number of ether oxygens (including phenoxy) is 1. The number of hydrogen-bond donors (Lipinski definition) is 2. The van der Waals surface area contributed by atoms with E-state index in [0.29, 0.717) is 12.3 Å². The standard InChI is InChI=1S/C21H18ClFN2O4S/c1-29-13-14-3-2-4-17(11-14)24-21(26)19-12-18(9-10-20(19)22)30(27,28)25-16-7-5-15(23)6-8-16/h2-12,25H,13H2,1H3,(H,24,26). The van der Waals surface area contributed by atoms with Gasteiger partial charge < -0.3 is 10.1 Å². The fraction of sp³-hybridized carbons (Fsp3) is 0.0952. The highest BCUT2D eigenvalue weighted by atomic mass is 35.5. The van der Waals surface area contributed by atoms with E-state index in [9.17, 15) is 17.6 Å². The highest BCUT2D eigenvalue weighted by molar-refractivity contribution is 7.92. The zero-order valence-electron chi connectivity index (χ0n) is 15.9. The summed E-state index contributed by atoms with van der Waals surface area (Å²) in [5.41, 5.74) is 1.56. The van der Waals surface area contributed by atoms with Gasteiger partial charge >= 0.3 is 0 Å². The number of carbonyl (C=O) groups excluding carboxylic acids is 1. The van der Waals surface area contributed by atoms with E-state index in [1.54, 1.807) is 25.3 Å². The zero-order chi connectivity index (χ0) is 21.7. The number of halogens is 2. The summed E-state index contributed by atoms with van der Waals surface area (Å²) in [6.07, 6.45) is 0. The number of benzene rings is 3. The predicted molar refractivity (Wildman–Crippen MR) is 114 cm³/mol. The molecule has 0 heterocycles. The second-order valence-corrected chi connectivity index (χ2v) is 8.43. The second-order valence-electron chi connectivity index (χ2n) is 6.34. The summed E-state index contributed by atoms with van der Waals surface area (Å²) in [7, 11) is -2.45. The smallest absolute Gasteiger partial charge is 0.261 e. The summed E-state index contributed by atoms with van der Waals surface area (Å²) in [5, 5.41) is 2.80. The first-order valence-electron chi connectivity index (χ1n) is 8.75. The maximum atomic E-state index is 13.0. The molecule has 0 radical (unpaired) electrons. The maximum Gasteiger partial charge on any atom is 0.261 e. The minimum atomic E-state index is -4.01. The summed E-state index contributed by atoms with van der Waals surface area (Å²) in [6, 6.07) is 15.7. The quantitative estimate of drug-likeness (QED) is 0.549. The van der Waals surface area contributed by atoms with Gasteiger partial charge in [0.25, 0.3) is 15.9 Å². The Balaban J connectivity index is 1.84. The van der Waals surface area contributed by atoms with Gasteiger partial charge in [-0.3, -0.25) is 9.52 Å². The van der Waals surface area contributed by atoms with Crippen LogP contribution in [0.4, 0.5) is 15.8 Å². The minimum Gasteiger partial charge on any atom is -0.380 e. The lowest BCUT2D eigenvalue weighted by molar-refractivity contribution is 0.102. The lowest BCUT2D eigenvalue weighted by Gasteiger charge is -2.12. The van der Waals surface area contributed by atoms with Gasteiger partial charge in [0.1, 0.15) is 5.82 Å². The SMILES string of the molecule is COCc1cccc(NC(=O)c2cc(S(=O)(=O)Nc3ccc(F)cc3)ccc2Cl)c1. The summed E-state index contributed by atoms with van der Waals surface area (Å²) in [4.78, 5) is 12.5. The molecule has 2 N–H and O–H groups in total.